The normalized spacial score (nSPS) is 13.1. The Kier molecular flexibility index (Phi) is 3.26. The predicted molar refractivity (Wildman–Crippen MR) is 104 cm³/mol. The van der Waals surface area contributed by atoms with Crippen LogP contribution in [0.3, 0.4) is 0 Å². The van der Waals surface area contributed by atoms with Gasteiger partial charge in [0.25, 0.3) is 5.91 Å². The van der Waals surface area contributed by atoms with Crippen molar-refractivity contribution < 1.29 is 17.4 Å². The monoisotopic (exact) mass is 375 g/mol. The van der Waals surface area contributed by atoms with Gasteiger partial charge in [-0.3, -0.25) is 4.79 Å². The van der Waals surface area contributed by atoms with Crippen LogP contribution in [0.5, 0.6) is 5.75 Å². The van der Waals surface area contributed by atoms with Gasteiger partial charge in [0.1, 0.15) is 10.6 Å². The van der Waals surface area contributed by atoms with Crippen LogP contribution in [0.25, 0.3) is 21.5 Å². The molecule has 0 unspecified atom stereocenters. The van der Waals surface area contributed by atoms with Gasteiger partial charge < -0.3 is 9.50 Å². The molecule has 5 rings (SSSR count). The van der Waals surface area contributed by atoms with Crippen LogP contribution in [0.2, 0.25) is 0 Å². The summed E-state index contributed by atoms with van der Waals surface area (Å²) in [6, 6.07) is 20.9. The molecule has 0 saturated carbocycles. The number of amides is 1. The maximum Gasteiger partial charge on any atom is 0.339 e. The van der Waals surface area contributed by atoms with E-state index in [-0.39, 0.29) is 16.6 Å². The van der Waals surface area contributed by atoms with Crippen LogP contribution < -0.4 is 9.50 Å². The van der Waals surface area contributed by atoms with Crippen LogP contribution in [-0.2, 0) is 10.1 Å². The van der Waals surface area contributed by atoms with E-state index >= 15 is 0 Å². The summed E-state index contributed by atoms with van der Waals surface area (Å²) < 4.78 is 31.3. The van der Waals surface area contributed by atoms with Gasteiger partial charge in [-0.15, -0.1) is 0 Å². The summed E-state index contributed by atoms with van der Waals surface area (Å²) in [6.07, 6.45) is 0. The zero-order valence-electron chi connectivity index (χ0n) is 14.0. The van der Waals surface area contributed by atoms with Gasteiger partial charge in [0.05, 0.1) is 0 Å². The molecule has 1 aliphatic rings. The minimum atomic E-state index is -4.07. The average Bonchev–Trinajstić information content (AvgIpc) is 2.99. The number of hydrogen-bond donors (Lipinski definition) is 1. The van der Waals surface area contributed by atoms with Gasteiger partial charge in [-0.25, -0.2) is 0 Å². The van der Waals surface area contributed by atoms with Crippen molar-refractivity contribution >= 4 is 43.3 Å². The Bertz CT molecular complexity index is 1360. The third-order valence-corrected chi connectivity index (χ3v) is 6.00. The molecule has 0 spiro atoms. The Morgan fingerprint density at radius 2 is 1.63 bits per heavy atom. The Labute approximate surface area is 155 Å². The van der Waals surface area contributed by atoms with E-state index in [1.54, 1.807) is 36.4 Å². The summed E-state index contributed by atoms with van der Waals surface area (Å²) in [5.74, 6) is 0.00625. The Morgan fingerprint density at radius 1 is 0.815 bits per heavy atom. The zero-order chi connectivity index (χ0) is 18.6. The lowest BCUT2D eigenvalue weighted by atomic mass is 10.1. The number of benzene rings is 4. The minimum Gasteiger partial charge on any atom is -0.379 e. The maximum absolute atomic E-state index is 12.9. The highest BCUT2D eigenvalue weighted by Gasteiger charge is 2.27. The number of hydrogen-bond acceptors (Lipinski definition) is 4. The molecule has 27 heavy (non-hydrogen) atoms. The van der Waals surface area contributed by atoms with Crippen LogP contribution in [0.15, 0.2) is 77.7 Å². The van der Waals surface area contributed by atoms with E-state index < -0.39 is 10.1 Å². The third kappa shape index (κ3) is 2.45. The highest BCUT2D eigenvalue weighted by atomic mass is 32.2. The van der Waals surface area contributed by atoms with Crippen molar-refractivity contribution in [3.63, 3.8) is 0 Å². The molecule has 0 atom stereocenters. The predicted octanol–water partition coefficient (Wildman–Crippen LogP) is 4.33. The van der Waals surface area contributed by atoms with Crippen molar-refractivity contribution in [1.82, 2.24) is 0 Å². The number of nitrogens with one attached hydrogen (secondary N) is 1. The number of carbonyl (C=O) groups excluding carboxylic acids is 1. The molecule has 4 aromatic rings. The second kappa shape index (κ2) is 5.56. The van der Waals surface area contributed by atoms with E-state index in [1.807, 2.05) is 30.3 Å². The van der Waals surface area contributed by atoms with Gasteiger partial charge in [-0.2, -0.15) is 8.42 Å². The van der Waals surface area contributed by atoms with Gasteiger partial charge in [-0.1, -0.05) is 42.5 Å². The SMILES string of the molecule is O=C1Nc2ccc(S(=O)(=O)Oc3ccc4ccccc4c3)c3cccc1c23. The first-order valence-electron chi connectivity index (χ1n) is 8.33. The summed E-state index contributed by atoms with van der Waals surface area (Å²) >= 11 is 0. The molecular weight excluding hydrogens is 362 g/mol. The second-order valence-electron chi connectivity index (χ2n) is 6.34. The third-order valence-electron chi connectivity index (χ3n) is 4.69. The van der Waals surface area contributed by atoms with E-state index in [0.717, 1.165) is 10.8 Å². The molecule has 0 fully saturated rings. The van der Waals surface area contributed by atoms with Gasteiger partial charge in [-0.05, 0) is 41.1 Å². The zero-order valence-corrected chi connectivity index (χ0v) is 14.8. The van der Waals surface area contributed by atoms with Crippen LogP contribution in [0, 0.1) is 0 Å². The molecule has 5 nitrogen and oxygen atoms in total. The molecule has 0 bridgehead atoms. The molecule has 0 saturated heterocycles. The van der Waals surface area contributed by atoms with E-state index in [9.17, 15) is 13.2 Å². The Balaban J connectivity index is 1.63. The van der Waals surface area contributed by atoms with Crippen molar-refractivity contribution in [2.45, 2.75) is 4.90 Å². The summed E-state index contributed by atoms with van der Waals surface area (Å²) in [7, 11) is -4.07. The first-order valence-corrected chi connectivity index (χ1v) is 9.74. The molecule has 0 aliphatic carbocycles. The lowest BCUT2D eigenvalue weighted by Crippen LogP contribution is -2.10. The van der Waals surface area contributed by atoms with Crippen LogP contribution >= 0.6 is 0 Å². The molecule has 1 N–H and O–H groups in total. The molecule has 0 radical (unpaired) electrons. The van der Waals surface area contributed by atoms with Crippen molar-refractivity contribution in [3.8, 4) is 5.75 Å². The molecule has 1 aliphatic heterocycles. The van der Waals surface area contributed by atoms with Crippen LogP contribution in [0.4, 0.5) is 5.69 Å². The highest BCUT2D eigenvalue weighted by molar-refractivity contribution is 7.87. The molecule has 132 valence electrons. The molecule has 1 heterocycles. The topological polar surface area (TPSA) is 72.5 Å². The molecule has 6 heteroatoms. The van der Waals surface area contributed by atoms with Gasteiger partial charge in [0, 0.05) is 22.0 Å². The van der Waals surface area contributed by atoms with E-state index in [2.05, 4.69) is 5.32 Å². The summed E-state index contributed by atoms with van der Waals surface area (Å²) in [6.45, 7) is 0. The van der Waals surface area contributed by atoms with Crippen molar-refractivity contribution in [1.29, 1.82) is 0 Å². The maximum atomic E-state index is 12.9. The fraction of sp³-hybridized carbons (Fsp3) is 0. The number of carbonyl (C=O) groups is 1. The average molecular weight is 375 g/mol. The lowest BCUT2D eigenvalue weighted by molar-refractivity contribution is 0.103. The standard InChI is InChI=1S/C21H13NO4S/c23-21-17-7-3-6-16-19(11-10-18(22-21)20(16)17)27(24,25)26-15-9-8-13-4-1-2-5-14(13)12-15/h1-12H,(H,22,23). The largest absolute Gasteiger partial charge is 0.379 e. The van der Waals surface area contributed by atoms with Gasteiger partial charge in [0.2, 0.25) is 0 Å². The first-order chi connectivity index (χ1) is 13.0. The van der Waals surface area contributed by atoms with Gasteiger partial charge >= 0.3 is 10.1 Å². The summed E-state index contributed by atoms with van der Waals surface area (Å²) in [4.78, 5) is 12.1. The van der Waals surface area contributed by atoms with E-state index in [4.69, 9.17) is 4.18 Å². The van der Waals surface area contributed by atoms with E-state index in [1.165, 1.54) is 6.07 Å². The highest BCUT2D eigenvalue weighted by Crippen LogP contribution is 2.37. The second-order valence-corrected chi connectivity index (χ2v) is 7.85. The fourth-order valence-corrected chi connectivity index (χ4v) is 4.59. The summed E-state index contributed by atoms with van der Waals surface area (Å²) in [5.41, 5.74) is 1.07. The molecule has 4 aromatic carbocycles. The van der Waals surface area contributed by atoms with Crippen molar-refractivity contribution in [2.75, 3.05) is 5.32 Å². The molecule has 0 aromatic heterocycles. The number of fused-ring (bicyclic) bond motifs is 1. The number of rotatable bonds is 3. The van der Waals surface area contributed by atoms with Crippen LogP contribution in [-0.4, -0.2) is 14.3 Å². The Hall–Kier alpha value is -3.38. The van der Waals surface area contributed by atoms with Crippen molar-refractivity contribution in [3.05, 3.63) is 78.4 Å². The lowest BCUT2D eigenvalue weighted by Gasteiger charge is -2.11. The first kappa shape index (κ1) is 15.8. The van der Waals surface area contributed by atoms with Gasteiger partial charge in [0.15, 0.2) is 0 Å². The quantitative estimate of drug-likeness (QED) is 0.541. The molecular formula is C21H13NO4S. The van der Waals surface area contributed by atoms with Crippen LogP contribution in [0.1, 0.15) is 10.4 Å². The smallest absolute Gasteiger partial charge is 0.339 e. The fourth-order valence-electron chi connectivity index (χ4n) is 3.47. The summed E-state index contributed by atoms with van der Waals surface area (Å²) in [5, 5.41) is 5.70. The minimum absolute atomic E-state index is 0.0350. The molecule has 1 amide bonds. The Morgan fingerprint density at radius 3 is 2.48 bits per heavy atom. The number of anilines is 1. The van der Waals surface area contributed by atoms with Crippen molar-refractivity contribution in [2.24, 2.45) is 0 Å². The van der Waals surface area contributed by atoms with E-state index in [0.29, 0.717) is 22.0 Å².